The minimum Gasteiger partial charge on any atom is -0.449 e. The molecule has 2 rings (SSSR count). The van der Waals surface area contributed by atoms with E-state index in [2.05, 4.69) is 5.32 Å². The van der Waals surface area contributed by atoms with Crippen LogP contribution in [-0.4, -0.2) is 33.7 Å². The summed E-state index contributed by atoms with van der Waals surface area (Å²) in [7, 11) is -1.31. The zero-order chi connectivity index (χ0) is 20.0. The Morgan fingerprint density at radius 2 is 1.70 bits per heavy atom. The molecule has 7 heteroatoms. The second-order valence-corrected chi connectivity index (χ2v) is 7.51. The number of ketones is 1. The maximum atomic E-state index is 12.4. The number of amides is 1. The third-order valence-electron chi connectivity index (χ3n) is 3.83. The van der Waals surface area contributed by atoms with Crippen molar-refractivity contribution in [3.8, 4) is 0 Å². The summed E-state index contributed by atoms with van der Waals surface area (Å²) >= 11 is 0. The Bertz CT molecular complexity index is 876. The summed E-state index contributed by atoms with van der Waals surface area (Å²) < 4.78 is 17.3. The van der Waals surface area contributed by atoms with Gasteiger partial charge in [-0.3, -0.25) is 13.8 Å². The van der Waals surface area contributed by atoms with Crippen LogP contribution in [0.1, 0.15) is 41.5 Å². The molecule has 27 heavy (non-hydrogen) atoms. The fraction of sp³-hybridized carbons (Fsp3) is 0.250. The Hall–Kier alpha value is -2.80. The lowest BCUT2D eigenvalue weighted by Crippen LogP contribution is -2.30. The van der Waals surface area contributed by atoms with Crippen molar-refractivity contribution in [2.24, 2.45) is 0 Å². The predicted molar refractivity (Wildman–Crippen MR) is 103 cm³/mol. The highest BCUT2D eigenvalue weighted by molar-refractivity contribution is 7.85. The number of benzene rings is 2. The monoisotopic (exact) mass is 387 g/mol. The molecular formula is C20H21NO5S. The molecule has 0 unspecified atom stereocenters. The molecule has 0 radical (unpaired) electrons. The van der Waals surface area contributed by atoms with Crippen molar-refractivity contribution in [1.82, 2.24) is 0 Å². The molecule has 0 aromatic heterocycles. The van der Waals surface area contributed by atoms with Gasteiger partial charge in [0.05, 0.1) is 21.3 Å². The van der Waals surface area contributed by atoms with Gasteiger partial charge in [0.1, 0.15) is 0 Å². The second kappa shape index (κ2) is 9.23. The predicted octanol–water partition coefficient (Wildman–Crippen LogP) is 3.20. The topological polar surface area (TPSA) is 89.5 Å². The largest absolute Gasteiger partial charge is 0.449 e. The van der Waals surface area contributed by atoms with Crippen LogP contribution in [0.3, 0.4) is 0 Å². The molecule has 2 aromatic rings. The quantitative estimate of drug-likeness (QED) is 0.582. The van der Waals surface area contributed by atoms with E-state index in [-0.39, 0.29) is 11.3 Å². The lowest BCUT2D eigenvalue weighted by Gasteiger charge is -2.15. The van der Waals surface area contributed by atoms with Gasteiger partial charge in [0, 0.05) is 17.0 Å². The number of rotatable bonds is 7. The summed E-state index contributed by atoms with van der Waals surface area (Å²) in [5.74, 6) is -0.912. The fourth-order valence-corrected chi connectivity index (χ4v) is 3.24. The molecule has 1 amide bonds. The summed E-state index contributed by atoms with van der Waals surface area (Å²) in [5, 5.41) is 2.63. The Morgan fingerprint density at radius 1 is 1.07 bits per heavy atom. The number of Topliss-reactive ketones (excluding diaryl/α,β-unsaturated/α-hetero) is 1. The molecule has 0 bridgehead atoms. The molecule has 6 nitrogen and oxygen atoms in total. The van der Waals surface area contributed by atoms with Gasteiger partial charge in [-0.25, -0.2) is 4.79 Å². The van der Waals surface area contributed by atoms with E-state index in [4.69, 9.17) is 4.74 Å². The third kappa shape index (κ3) is 5.34. The summed E-state index contributed by atoms with van der Waals surface area (Å²) in [4.78, 5) is 36.3. The zero-order valence-corrected chi connectivity index (χ0v) is 16.2. The number of carbonyl (C=O) groups excluding carboxylic acids is 3. The van der Waals surface area contributed by atoms with Gasteiger partial charge >= 0.3 is 5.97 Å². The van der Waals surface area contributed by atoms with Crippen LogP contribution in [0.4, 0.5) is 5.69 Å². The number of carbonyl (C=O) groups is 3. The minimum absolute atomic E-state index is 0.0710. The second-order valence-electron chi connectivity index (χ2n) is 5.80. The smallest absolute Gasteiger partial charge is 0.340 e. The van der Waals surface area contributed by atoms with Gasteiger partial charge in [-0.15, -0.1) is 0 Å². The highest BCUT2D eigenvalue weighted by Gasteiger charge is 2.22. The van der Waals surface area contributed by atoms with E-state index in [9.17, 15) is 18.6 Å². The van der Waals surface area contributed by atoms with Gasteiger partial charge in [-0.1, -0.05) is 19.1 Å². The van der Waals surface area contributed by atoms with E-state index in [0.717, 1.165) is 0 Å². The fourth-order valence-electron chi connectivity index (χ4n) is 2.30. The first kappa shape index (κ1) is 20.5. The standard InChI is InChI=1S/C20H21NO5S/c1-4-27(25)18-8-6-5-7-17(18)20(24)26-14(3)19(23)21-16-11-9-15(10-12-16)13(2)22/h5-12,14H,4H2,1-3H3,(H,21,23)/t14-,27+/m1/s1. The van der Waals surface area contributed by atoms with Gasteiger partial charge in [-0.2, -0.15) is 0 Å². The van der Waals surface area contributed by atoms with E-state index in [1.165, 1.54) is 19.9 Å². The molecule has 2 aromatic carbocycles. The van der Waals surface area contributed by atoms with Gasteiger partial charge in [0.25, 0.3) is 5.91 Å². The molecule has 0 aliphatic carbocycles. The van der Waals surface area contributed by atoms with Crippen molar-refractivity contribution in [1.29, 1.82) is 0 Å². The maximum absolute atomic E-state index is 12.4. The molecule has 142 valence electrons. The number of hydrogen-bond donors (Lipinski definition) is 1. The molecule has 0 spiro atoms. The first-order valence-electron chi connectivity index (χ1n) is 8.43. The highest BCUT2D eigenvalue weighted by Crippen LogP contribution is 2.17. The maximum Gasteiger partial charge on any atom is 0.340 e. The van der Waals surface area contributed by atoms with Gasteiger partial charge in [-0.05, 0) is 50.2 Å². The molecule has 0 saturated heterocycles. The Morgan fingerprint density at radius 3 is 2.30 bits per heavy atom. The van der Waals surface area contributed by atoms with Crippen LogP contribution in [-0.2, 0) is 20.3 Å². The van der Waals surface area contributed by atoms with Crippen LogP contribution in [0.2, 0.25) is 0 Å². The van der Waals surface area contributed by atoms with Crippen molar-refractivity contribution in [2.45, 2.75) is 31.8 Å². The minimum atomic E-state index is -1.31. The number of ether oxygens (including phenoxy) is 1. The number of anilines is 1. The third-order valence-corrected chi connectivity index (χ3v) is 5.20. The molecule has 0 aliphatic heterocycles. The van der Waals surface area contributed by atoms with Crippen LogP contribution < -0.4 is 5.32 Å². The molecule has 2 atom stereocenters. The number of nitrogens with one attached hydrogen (secondary N) is 1. The number of hydrogen-bond acceptors (Lipinski definition) is 5. The normalized spacial score (nSPS) is 12.7. The summed E-state index contributed by atoms with van der Waals surface area (Å²) in [5.41, 5.74) is 1.21. The van der Waals surface area contributed by atoms with E-state index in [1.54, 1.807) is 49.4 Å². The van der Waals surface area contributed by atoms with Crippen LogP contribution in [0.25, 0.3) is 0 Å². The van der Waals surface area contributed by atoms with Gasteiger partial charge in [0.15, 0.2) is 11.9 Å². The zero-order valence-electron chi connectivity index (χ0n) is 15.4. The van der Waals surface area contributed by atoms with Crippen molar-refractivity contribution < 1.29 is 23.3 Å². The van der Waals surface area contributed by atoms with Crippen LogP contribution in [0.5, 0.6) is 0 Å². The van der Waals surface area contributed by atoms with Crippen molar-refractivity contribution in [2.75, 3.05) is 11.1 Å². The summed E-state index contributed by atoms with van der Waals surface area (Å²) in [6, 6.07) is 12.9. The van der Waals surface area contributed by atoms with Crippen LogP contribution in [0.15, 0.2) is 53.4 Å². The Labute approximate surface area is 160 Å². The first-order chi connectivity index (χ1) is 12.8. The molecular weight excluding hydrogens is 366 g/mol. The van der Waals surface area contributed by atoms with E-state index >= 15 is 0 Å². The Kier molecular flexibility index (Phi) is 7.01. The highest BCUT2D eigenvalue weighted by atomic mass is 32.2. The lowest BCUT2D eigenvalue weighted by atomic mass is 10.1. The van der Waals surface area contributed by atoms with Crippen molar-refractivity contribution in [3.05, 3.63) is 59.7 Å². The van der Waals surface area contributed by atoms with E-state index < -0.39 is 28.8 Å². The van der Waals surface area contributed by atoms with E-state index in [1.807, 2.05) is 0 Å². The van der Waals surface area contributed by atoms with Crippen LogP contribution >= 0.6 is 0 Å². The van der Waals surface area contributed by atoms with E-state index in [0.29, 0.717) is 21.9 Å². The molecule has 0 fully saturated rings. The van der Waals surface area contributed by atoms with Crippen molar-refractivity contribution in [3.63, 3.8) is 0 Å². The molecule has 0 aliphatic rings. The van der Waals surface area contributed by atoms with Gasteiger partial charge in [0.2, 0.25) is 0 Å². The average molecular weight is 387 g/mol. The van der Waals surface area contributed by atoms with Crippen LogP contribution in [0, 0.1) is 0 Å². The van der Waals surface area contributed by atoms with Crippen molar-refractivity contribution >= 4 is 34.1 Å². The molecule has 1 N–H and O–H groups in total. The molecule has 0 saturated carbocycles. The SMILES string of the molecule is CC[S@](=O)c1ccccc1C(=O)O[C@H](C)C(=O)Nc1ccc(C(C)=O)cc1. The lowest BCUT2D eigenvalue weighted by molar-refractivity contribution is -0.123. The molecule has 0 heterocycles. The summed E-state index contributed by atoms with van der Waals surface area (Å²) in [6.07, 6.45) is -1.05. The number of esters is 1. The van der Waals surface area contributed by atoms with Gasteiger partial charge < -0.3 is 10.1 Å². The average Bonchev–Trinajstić information content (AvgIpc) is 2.67. The summed E-state index contributed by atoms with van der Waals surface area (Å²) in [6.45, 7) is 4.67. The first-order valence-corrected chi connectivity index (χ1v) is 9.75. The Balaban J connectivity index is 2.05.